The molecule has 0 aliphatic carbocycles. The normalized spacial score (nSPS) is 32.0. The SMILES string of the molecule is O=C1CCCCN1C1(C(=O)O)CCSC1. The Morgan fingerprint density at radius 2 is 2.27 bits per heavy atom. The average molecular weight is 229 g/mol. The van der Waals surface area contributed by atoms with Crippen molar-refractivity contribution in [2.75, 3.05) is 18.1 Å². The average Bonchev–Trinajstić information content (AvgIpc) is 2.68. The largest absolute Gasteiger partial charge is 0.479 e. The summed E-state index contributed by atoms with van der Waals surface area (Å²) in [5, 5.41) is 9.33. The fourth-order valence-electron chi connectivity index (χ4n) is 2.31. The van der Waals surface area contributed by atoms with Crippen molar-refractivity contribution in [1.29, 1.82) is 0 Å². The number of aliphatic carboxylic acids is 1. The summed E-state index contributed by atoms with van der Waals surface area (Å²) < 4.78 is 0. The molecule has 4 nitrogen and oxygen atoms in total. The number of nitrogens with zero attached hydrogens (tertiary/aromatic N) is 1. The molecule has 0 aromatic rings. The summed E-state index contributed by atoms with van der Waals surface area (Å²) in [6, 6.07) is 0. The van der Waals surface area contributed by atoms with E-state index in [9.17, 15) is 14.7 Å². The Hall–Kier alpha value is -0.710. The van der Waals surface area contributed by atoms with Gasteiger partial charge in [0.05, 0.1) is 0 Å². The third-order valence-corrected chi connectivity index (χ3v) is 4.41. The molecule has 5 heteroatoms. The molecule has 0 radical (unpaired) electrons. The first-order chi connectivity index (χ1) is 7.17. The smallest absolute Gasteiger partial charge is 0.330 e. The van der Waals surface area contributed by atoms with Crippen molar-refractivity contribution in [3.8, 4) is 0 Å². The minimum atomic E-state index is -0.901. The van der Waals surface area contributed by atoms with E-state index in [0.717, 1.165) is 18.6 Å². The van der Waals surface area contributed by atoms with Crippen molar-refractivity contribution in [3.63, 3.8) is 0 Å². The highest BCUT2D eigenvalue weighted by Crippen LogP contribution is 2.35. The summed E-state index contributed by atoms with van der Waals surface area (Å²) >= 11 is 1.63. The number of hydrogen-bond donors (Lipinski definition) is 1. The van der Waals surface area contributed by atoms with Gasteiger partial charge in [-0.1, -0.05) is 0 Å². The molecular formula is C10H15NO3S. The van der Waals surface area contributed by atoms with Crippen LogP contribution in [0.2, 0.25) is 0 Å². The molecule has 0 aromatic heterocycles. The van der Waals surface area contributed by atoms with Crippen molar-refractivity contribution < 1.29 is 14.7 Å². The summed E-state index contributed by atoms with van der Waals surface area (Å²) in [6.45, 7) is 0.617. The molecule has 0 bridgehead atoms. The Kier molecular flexibility index (Phi) is 2.91. The summed E-state index contributed by atoms with van der Waals surface area (Å²) in [4.78, 5) is 24.7. The number of carbonyl (C=O) groups excluding carboxylic acids is 1. The van der Waals surface area contributed by atoms with Gasteiger partial charge in [-0.3, -0.25) is 4.79 Å². The van der Waals surface area contributed by atoms with Gasteiger partial charge in [0.2, 0.25) is 5.91 Å². The molecule has 1 amide bonds. The number of piperidine rings is 1. The summed E-state index contributed by atoms with van der Waals surface area (Å²) in [5.41, 5.74) is -0.901. The molecule has 2 aliphatic rings. The third-order valence-electron chi connectivity index (χ3n) is 3.24. The Balaban J connectivity index is 2.23. The number of hydrogen-bond acceptors (Lipinski definition) is 3. The zero-order valence-corrected chi connectivity index (χ0v) is 9.39. The minimum Gasteiger partial charge on any atom is -0.479 e. The van der Waals surface area contributed by atoms with Crippen LogP contribution in [0.1, 0.15) is 25.7 Å². The maximum atomic E-state index is 11.7. The molecule has 0 aromatic carbocycles. The summed E-state index contributed by atoms with van der Waals surface area (Å²) in [7, 11) is 0. The van der Waals surface area contributed by atoms with E-state index in [-0.39, 0.29) is 5.91 Å². The standard InChI is InChI=1S/C10H15NO3S/c12-8-3-1-2-5-11(8)10(9(13)14)4-6-15-7-10/h1-7H2,(H,13,14). The van der Waals surface area contributed by atoms with E-state index < -0.39 is 11.5 Å². The predicted octanol–water partition coefficient (Wildman–Crippen LogP) is 0.959. The van der Waals surface area contributed by atoms with Gasteiger partial charge in [0.25, 0.3) is 0 Å². The number of thioether (sulfide) groups is 1. The van der Waals surface area contributed by atoms with Crippen LogP contribution in [0.15, 0.2) is 0 Å². The third kappa shape index (κ3) is 1.73. The van der Waals surface area contributed by atoms with Gasteiger partial charge in [-0.25, -0.2) is 4.79 Å². The maximum absolute atomic E-state index is 11.7. The number of carbonyl (C=O) groups is 2. The predicted molar refractivity (Wildman–Crippen MR) is 57.9 cm³/mol. The second-order valence-corrected chi connectivity index (χ2v) is 5.25. The first-order valence-corrected chi connectivity index (χ1v) is 6.44. The van der Waals surface area contributed by atoms with Gasteiger partial charge in [-0.2, -0.15) is 11.8 Å². The van der Waals surface area contributed by atoms with Crippen molar-refractivity contribution in [1.82, 2.24) is 4.90 Å². The van der Waals surface area contributed by atoms with E-state index in [2.05, 4.69) is 0 Å². The minimum absolute atomic E-state index is 0.0196. The summed E-state index contributed by atoms with van der Waals surface area (Å²) in [5.74, 6) is 0.582. The van der Waals surface area contributed by atoms with Gasteiger partial charge >= 0.3 is 5.97 Å². The molecular weight excluding hydrogens is 214 g/mol. The molecule has 0 spiro atoms. The van der Waals surface area contributed by atoms with Crippen LogP contribution in [0.25, 0.3) is 0 Å². The van der Waals surface area contributed by atoms with Crippen molar-refractivity contribution in [3.05, 3.63) is 0 Å². The van der Waals surface area contributed by atoms with Crippen LogP contribution in [0, 0.1) is 0 Å². The van der Waals surface area contributed by atoms with Crippen LogP contribution < -0.4 is 0 Å². The fraction of sp³-hybridized carbons (Fsp3) is 0.800. The maximum Gasteiger partial charge on any atom is 0.330 e. The number of carboxylic acid groups (broad SMARTS) is 1. The van der Waals surface area contributed by atoms with Crippen LogP contribution in [0.3, 0.4) is 0 Å². The van der Waals surface area contributed by atoms with Crippen LogP contribution >= 0.6 is 11.8 Å². The van der Waals surface area contributed by atoms with E-state index in [0.29, 0.717) is 25.1 Å². The van der Waals surface area contributed by atoms with E-state index in [1.807, 2.05) is 0 Å². The number of carboxylic acids is 1. The number of likely N-dealkylation sites (tertiary alicyclic amines) is 1. The molecule has 1 N–H and O–H groups in total. The fourth-order valence-corrected chi connectivity index (χ4v) is 3.70. The van der Waals surface area contributed by atoms with Crippen molar-refractivity contribution in [2.45, 2.75) is 31.2 Å². The van der Waals surface area contributed by atoms with Crippen LogP contribution in [-0.2, 0) is 9.59 Å². The summed E-state index contributed by atoms with van der Waals surface area (Å²) in [6.07, 6.45) is 2.95. The van der Waals surface area contributed by atoms with Crippen LogP contribution in [-0.4, -0.2) is 45.5 Å². The number of rotatable bonds is 2. The van der Waals surface area contributed by atoms with E-state index in [1.165, 1.54) is 0 Å². The molecule has 1 unspecified atom stereocenters. The van der Waals surface area contributed by atoms with Crippen molar-refractivity contribution in [2.24, 2.45) is 0 Å². The molecule has 15 heavy (non-hydrogen) atoms. The molecule has 2 rings (SSSR count). The van der Waals surface area contributed by atoms with Crippen LogP contribution in [0.4, 0.5) is 0 Å². The first-order valence-electron chi connectivity index (χ1n) is 5.28. The lowest BCUT2D eigenvalue weighted by Crippen LogP contribution is -2.58. The molecule has 2 fully saturated rings. The Morgan fingerprint density at radius 1 is 1.47 bits per heavy atom. The van der Waals surface area contributed by atoms with Gasteiger partial charge in [0, 0.05) is 18.7 Å². The quantitative estimate of drug-likeness (QED) is 0.766. The van der Waals surface area contributed by atoms with Gasteiger partial charge in [-0.05, 0) is 25.0 Å². The molecule has 2 aliphatic heterocycles. The molecule has 2 saturated heterocycles. The molecule has 0 saturated carbocycles. The number of amides is 1. The highest BCUT2D eigenvalue weighted by molar-refractivity contribution is 7.99. The zero-order chi connectivity index (χ0) is 10.9. The van der Waals surface area contributed by atoms with E-state index in [4.69, 9.17) is 0 Å². The van der Waals surface area contributed by atoms with Gasteiger partial charge in [0.15, 0.2) is 0 Å². The highest BCUT2D eigenvalue weighted by atomic mass is 32.2. The van der Waals surface area contributed by atoms with Gasteiger partial charge in [0.1, 0.15) is 5.54 Å². The van der Waals surface area contributed by atoms with E-state index >= 15 is 0 Å². The molecule has 2 heterocycles. The lowest BCUT2D eigenvalue weighted by Gasteiger charge is -2.39. The monoisotopic (exact) mass is 229 g/mol. The molecule has 1 atom stereocenters. The van der Waals surface area contributed by atoms with E-state index in [1.54, 1.807) is 16.7 Å². The highest BCUT2D eigenvalue weighted by Gasteiger charge is 2.49. The topological polar surface area (TPSA) is 57.6 Å². The lowest BCUT2D eigenvalue weighted by atomic mass is 9.93. The molecule has 84 valence electrons. The second kappa shape index (κ2) is 4.04. The Bertz CT molecular complexity index is 286. The van der Waals surface area contributed by atoms with Gasteiger partial charge < -0.3 is 10.0 Å². The Labute approximate surface area is 93.0 Å². The zero-order valence-electron chi connectivity index (χ0n) is 8.57. The van der Waals surface area contributed by atoms with Crippen LogP contribution in [0.5, 0.6) is 0 Å². The van der Waals surface area contributed by atoms with Crippen molar-refractivity contribution >= 4 is 23.6 Å². The Morgan fingerprint density at radius 3 is 2.80 bits per heavy atom. The lowest BCUT2D eigenvalue weighted by molar-refractivity contribution is -0.159. The first kappa shape index (κ1) is 10.8. The van der Waals surface area contributed by atoms with Gasteiger partial charge in [-0.15, -0.1) is 0 Å². The second-order valence-electron chi connectivity index (χ2n) is 4.14.